The summed E-state index contributed by atoms with van der Waals surface area (Å²) in [6, 6.07) is 0. The summed E-state index contributed by atoms with van der Waals surface area (Å²) in [6.07, 6.45) is 4.64. The van der Waals surface area contributed by atoms with Gasteiger partial charge in [-0.3, -0.25) is 4.79 Å². The maximum atomic E-state index is 10.5. The van der Waals surface area contributed by atoms with E-state index in [-0.39, 0.29) is 12.9 Å². The Kier molecular flexibility index (Phi) is 2.26. The van der Waals surface area contributed by atoms with Crippen LogP contribution in [0.1, 0.15) is 13.3 Å². The largest absolute Gasteiger partial charge is 0.421 e. The van der Waals surface area contributed by atoms with Gasteiger partial charge >= 0.3 is 6.98 Å². The van der Waals surface area contributed by atoms with E-state index in [9.17, 15) is 4.79 Å². The van der Waals surface area contributed by atoms with Gasteiger partial charge in [-0.15, -0.1) is 0 Å². The molecular formula is C6H9BN2O. The van der Waals surface area contributed by atoms with Crippen molar-refractivity contribution in [3.05, 3.63) is 12.1 Å². The first-order valence-corrected chi connectivity index (χ1v) is 3.24. The van der Waals surface area contributed by atoms with E-state index in [4.69, 9.17) is 0 Å². The third-order valence-electron chi connectivity index (χ3n) is 1.18. The molecule has 0 saturated carbocycles. The van der Waals surface area contributed by atoms with Crippen molar-refractivity contribution in [3.63, 3.8) is 0 Å². The summed E-state index contributed by atoms with van der Waals surface area (Å²) in [5, 5.41) is 2.66. The summed E-state index contributed by atoms with van der Waals surface area (Å²) >= 11 is 0. The van der Waals surface area contributed by atoms with Gasteiger partial charge < -0.3 is 10.1 Å². The van der Waals surface area contributed by atoms with Crippen molar-refractivity contribution >= 4 is 19.1 Å². The zero-order valence-electron chi connectivity index (χ0n) is 5.87. The molecule has 3 nitrogen and oxygen atoms in total. The van der Waals surface area contributed by atoms with Crippen molar-refractivity contribution < 1.29 is 4.79 Å². The third kappa shape index (κ3) is 2.05. The highest BCUT2D eigenvalue weighted by molar-refractivity contribution is 6.63. The van der Waals surface area contributed by atoms with E-state index in [1.165, 1.54) is 6.92 Å². The van der Waals surface area contributed by atoms with Crippen LogP contribution in [0.2, 0.25) is 0 Å². The zero-order valence-corrected chi connectivity index (χ0v) is 5.87. The molecule has 0 aromatic rings. The molecule has 0 unspecified atom stereocenters. The maximum absolute atomic E-state index is 10.5. The Balaban J connectivity index is 2.40. The lowest BCUT2D eigenvalue weighted by Gasteiger charge is -2.05. The normalized spacial score (nSPS) is 15.5. The molecule has 52 valence electrons. The maximum Gasteiger partial charge on any atom is 0.421 e. The lowest BCUT2D eigenvalue weighted by atomic mass is 9.76. The van der Waals surface area contributed by atoms with Gasteiger partial charge in [0, 0.05) is 6.92 Å². The molecule has 0 aromatic heterocycles. The number of amides is 1. The molecule has 0 atom stereocenters. The van der Waals surface area contributed by atoms with Crippen LogP contribution in [-0.2, 0) is 4.79 Å². The lowest BCUT2D eigenvalue weighted by Crippen LogP contribution is -2.35. The molecule has 1 aliphatic rings. The average Bonchev–Trinajstić information content (AvgIpc) is 1.88. The predicted molar refractivity (Wildman–Crippen MR) is 41.8 cm³/mol. The smallest absolute Gasteiger partial charge is 0.375 e. The van der Waals surface area contributed by atoms with Crippen molar-refractivity contribution in [2.45, 2.75) is 13.3 Å². The van der Waals surface area contributed by atoms with Crippen molar-refractivity contribution in [2.24, 2.45) is 4.90 Å². The quantitative estimate of drug-likeness (QED) is 0.513. The van der Waals surface area contributed by atoms with Gasteiger partial charge in [-0.2, -0.15) is 0 Å². The molecule has 1 aliphatic heterocycles. The number of carbonyl (C=O) groups excluding carboxylic acids is 1. The molecule has 0 radical (unpaired) electrons. The zero-order chi connectivity index (χ0) is 7.40. The van der Waals surface area contributed by atoms with Crippen LogP contribution in [0.25, 0.3) is 0 Å². The Hall–Kier alpha value is -1.06. The Morgan fingerprint density at radius 2 is 2.60 bits per heavy atom. The molecule has 4 heteroatoms. The van der Waals surface area contributed by atoms with E-state index < -0.39 is 0 Å². The summed E-state index contributed by atoms with van der Waals surface area (Å²) in [4.78, 5) is 14.5. The fraction of sp³-hybridized carbons (Fsp3) is 0.333. The minimum absolute atomic E-state index is 0.0475. The summed E-state index contributed by atoms with van der Waals surface area (Å²) in [5.41, 5.74) is 0. The lowest BCUT2D eigenvalue weighted by molar-refractivity contribution is -0.117. The molecule has 1 heterocycles. The standard InChI is InChI=1S/C6H9BN2O/c1-6(10)9-7-4-2-3-5-8-7/h2,4-5H,3H2,1H3,(H,9,10). The first-order chi connectivity index (χ1) is 4.79. The average molecular weight is 136 g/mol. The van der Waals surface area contributed by atoms with Gasteiger partial charge in [0.2, 0.25) is 5.91 Å². The van der Waals surface area contributed by atoms with Crippen LogP contribution in [0.4, 0.5) is 0 Å². The molecule has 1 rings (SSSR count). The van der Waals surface area contributed by atoms with Crippen molar-refractivity contribution in [1.29, 1.82) is 0 Å². The van der Waals surface area contributed by atoms with Gasteiger partial charge in [0.25, 0.3) is 0 Å². The second kappa shape index (κ2) is 3.20. The molecule has 0 aliphatic carbocycles. The van der Waals surface area contributed by atoms with Crippen LogP contribution in [0.15, 0.2) is 17.0 Å². The van der Waals surface area contributed by atoms with Crippen molar-refractivity contribution in [1.82, 2.24) is 5.23 Å². The van der Waals surface area contributed by atoms with Crippen LogP contribution in [0.5, 0.6) is 0 Å². The molecule has 0 fully saturated rings. The van der Waals surface area contributed by atoms with Gasteiger partial charge in [0.1, 0.15) is 0 Å². The van der Waals surface area contributed by atoms with Crippen molar-refractivity contribution in [2.75, 3.05) is 0 Å². The van der Waals surface area contributed by atoms with Crippen LogP contribution in [0, 0.1) is 0 Å². The second-order valence-corrected chi connectivity index (χ2v) is 2.14. The monoisotopic (exact) mass is 136 g/mol. The van der Waals surface area contributed by atoms with Crippen LogP contribution in [0.3, 0.4) is 0 Å². The van der Waals surface area contributed by atoms with E-state index in [2.05, 4.69) is 10.1 Å². The highest BCUT2D eigenvalue weighted by Gasteiger charge is 2.10. The second-order valence-electron chi connectivity index (χ2n) is 2.14. The molecule has 1 amide bonds. The molecule has 0 spiro atoms. The van der Waals surface area contributed by atoms with Crippen LogP contribution >= 0.6 is 0 Å². The number of rotatable bonds is 1. The number of allylic oxidation sites excluding steroid dienone is 1. The molecule has 0 bridgehead atoms. The van der Waals surface area contributed by atoms with Gasteiger partial charge in [0.15, 0.2) is 0 Å². The van der Waals surface area contributed by atoms with Crippen LogP contribution < -0.4 is 5.23 Å². The molecule has 1 N–H and O–H groups in total. The van der Waals surface area contributed by atoms with E-state index in [0.717, 1.165) is 6.42 Å². The first-order valence-electron chi connectivity index (χ1n) is 3.24. The first kappa shape index (κ1) is 7.06. The van der Waals surface area contributed by atoms with Gasteiger partial charge in [0.05, 0.1) is 0 Å². The minimum Gasteiger partial charge on any atom is -0.375 e. The summed E-state index contributed by atoms with van der Waals surface area (Å²) in [6.45, 7) is 1.35. The summed E-state index contributed by atoms with van der Waals surface area (Å²) in [7, 11) is 0. The van der Waals surface area contributed by atoms with Crippen molar-refractivity contribution in [3.8, 4) is 0 Å². The SMILES string of the molecule is CC(=O)NB1C=CCC=N1. The van der Waals surface area contributed by atoms with Crippen LogP contribution in [-0.4, -0.2) is 19.1 Å². The number of hydrogen-bond donors (Lipinski definition) is 1. The van der Waals surface area contributed by atoms with E-state index in [0.29, 0.717) is 0 Å². The van der Waals surface area contributed by atoms with Gasteiger partial charge in [-0.05, 0) is 12.6 Å². The van der Waals surface area contributed by atoms with E-state index in [1.54, 1.807) is 6.21 Å². The topological polar surface area (TPSA) is 41.5 Å². The van der Waals surface area contributed by atoms with E-state index in [1.807, 2.05) is 12.1 Å². The Bertz CT molecular complexity index is 176. The Morgan fingerprint density at radius 1 is 1.80 bits per heavy atom. The third-order valence-corrected chi connectivity index (χ3v) is 1.18. The molecule has 10 heavy (non-hydrogen) atoms. The fourth-order valence-electron chi connectivity index (χ4n) is 0.786. The molecule has 0 aromatic carbocycles. The fourth-order valence-corrected chi connectivity index (χ4v) is 0.786. The Labute approximate surface area is 60.3 Å². The Morgan fingerprint density at radius 3 is 3.10 bits per heavy atom. The number of nitrogens with one attached hydrogen (secondary N) is 1. The highest BCUT2D eigenvalue weighted by Crippen LogP contribution is 1.92. The predicted octanol–water partition coefficient (Wildman–Crippen LogP) is 0.181. The number of carbonyl (C=O) groups is 1. The minimum atomic E-state index is -0.133. The number of nitrogens with zero attached hydrogens (tertiary/aromatic N) is 1. The van der Waals surface area contributed by atoms with E-state index >= 15 is 0 Å². The summed E-state index contributed by atoms with van der Waals surface area (Å²) in [5.74, 6) is 1.83. The summed E-state index contributed by atoms with van der Waals surface area (Å²) < 4.78 is 0. The number of hydrogen-bond acceptors (Lipinski definition) is 2. The van der Waals surface area contributed by atoms with Gasteiger partial charge in [-0.25, -0.2) is 0 Å². The highest BCUT2D eigenvalue weighted by atomic mass is 16.1. The molecule has 0 saturated heterocycles. The molecular weight excluding hydrogens is 127 g/mol. The van der Waals surface area contributed by atoms with Gasteiger partial charge in [-0.1, -0.05) is 12.1 Å².